The van der Waals surface area contributed by atoms with E-state index in [1.165, 1.54) is 23.0 Å². The molecule has 0 radical (unpaired) electrons. The van der Waals surface area contributed by atoms with Crippen LogP contribution in [0.15, 0.2) is 18.3 Å². The van der Waals surface area contributed by atoms with Gasteiger partial charge in [-0.25, -0.2) is 4.39 Å². The van der Waals surface area contributed by atoms with Crippen LogP contribution in [0.4, 0.5) is 4.39 Å². The first-order valence-corrected chi connectivity index (χ1v) is 7.23. The van der Waals surface area contributed by atoms with Gasteiger partial charge in [0, 0.05) is 11.6 Å². The number of nitrogens with one attached hydrogen (secondary N) is 1. The number of hydrogen-bond donors (Lipinski definition) is 2. The Labute approximate surface area is 136 Å². The van der Waals surface area contributed by atoms with E-state index in [-0.39, 0.29) is 15.7 Å². The number of nitrogens with two attached hydrogens (primary N) is 1. The Morgan fingerprint density at radius 2 is 2.18 bits per heavy atom. The topological polar surface area (TPSA) is 85.8 Å². The van der Waals surface area contributed by atoms with Crippen molar-refractivity contribution in [2.24, 2.45) is 5.73 Å². The van der Waals surface area contributed by atoms with E-state index in [1.807, 2.05) is 0 Å². The smallest absolute Gasteiger partial charge is 0.273 e. The molecule has 0 spiro atoms. The Hall–Kier alpha value is -1.70. The van der Waals surface area contributed by atoms with Crippen LogP contribution in [0.5, 0.6) is 0 Å². The quantitative estimate of drug-likeness (QED) is 0.813. The van der Waals surface area contributed by atoms with E-state index in [1.54, 1.807) is 6.92 Å². The molecule has 0 aliphatic heterocycles. The maximum atomic E-state index is 13.5. The monoisotopic (exact) mass is 345 g/mol. The van der Waals surface area contributed by atoms with Gasteiger partial charge in [-0.1, -0.05) is 28.4 Å². The summed E-state index contributed by atoms with van der Waals surface area (Å²) in [5.41, 5.74) is 5.96. The second-order valence-corrected chi connectivity index (χ2v) is 5.45. The first kappa shape index (κ1) is 16.7. The van der Waals surface area contributed by atoms with E-state index < -0.39 is 17.8 Å². The largest absolute Gasteiger partial charge is 0.344 e. The molecular formula is C13H14Cl2FN5O. The summed E-state index contributed by atoms with van der Waals surface area (Å²) in [6.45, 7) is 2.53. The minimum absolute atomic E-state index is 0.0722. The van der Waals surface area contributed by atoms with Gasteiger partial charge in [-0.2, -0.15) is 0 Å². The lowest BCUT2D eigenvalue weighted by molar-refractivity contribution is 0.0934. The fraction of sp³-hybridized carbons (Fsp3) is 0.308. The molecule has 1 heterocycles. The van der Waals surface area contributed by atoms with Crippen LogP contribution in [0.2, 0.25) is 10.0 Å². The second-order valence-electron chi connectivity index (χ2n) is 4.64. The van der Waals surface area contributed by atoms with E-state index in [4.69, 9.17) is 28.9 Å². The number of rotatable bonds is 5. The molecule has 0 aliphatic carbocycles. The molecule has 1 atom stereocenters. The molecular weight excluding hydrogens is 332 g/mol. The van der Waals surface area contributed by atoms with E-state index in [9.17, 15) is 9.18 Å². The van der Waals surface area contributed by atoms with Crippen molar-refractivity contribution in [2.75, 3.05) is 6.54 Å². The highest BCUT2D eigenvalue weighted by Gasteiger charge is 2.18. The molecule has 1 amide bonds. The fourth-order valence-electron chi connectivity index (χ4n) is 1.86. The molecule has 1 aromatic carbocycles. The van der Waals surface area contributed by atoms with Crippen molar-refractivity contribution in [1.82, 2.24) is 20.3 Å². The van der Waals surface area contributed by atoms with Gasteiger partial charge in [-0.3, -0.25) is 9.48 Å². The lowest BCUT2D eigenvalue weighted by atomic mass is 10.1. The number of benzene rings is 1. The highest BCUT2D eigenvalue weighted by Crippen LogP contribution is 2.28. The molecule has 6 nitrogen and oxygen atoms in total. The molecule has 118 valence electrons. The summed E-state index contributed by atoms with van der Waals surface area (Å²) in [4.78, 5) is 12.1. The number of carbonyl (C=O) groups excluding carboxylic acids is 1. The van der Waals surface area contributed by atoms with Crippen molar-refractivity contribution in [2.45, 2.75) is 19.5 Å². The lowest BCUT2D eigenvalue weighted by Gasteiger charge is -2.15. The maximum Gasteiger partial charge on any atom is 0.273 e. The van der Waals surface area contributed by atoms with Gasteiger partial charge in [0.25, 0.3) is 5.91 Å². The van der Waals surface area contributed by atoms with Gasteiger partial charge in [0.05, 0.1) is 23.8 Å². The zero-order chi connectivity index (χ0) is 16.3. The molecule has 22 heavy (non-hydrogen) atoms. The summed E-state index contributed by atoms with van der Waals surface area (Å²) in [7, 11) is 0. The number of amides is 1. The molecule has 9 heteroatoms. The average molecular weight is 346 g/mol. The van der Waals surface area contributed by atoms with Crippen LogP contribution < -0.4 is 11.1 Å². The predicted octanol–water partition coefficient (Wildman–Crippen LogP) is 2.17. The van der Waals surface area contributed by atoms with Crippen molar-refractivity contribution in [3.63, 3.8) is 0 Å². The van der Waals surface area contributed by atoms with Crippen LogP contribution in [0, 0.1) is 5.82 Å². The Kier molecular flexibility index (Phi) is 5.33. The van der Waals surface area contributed by atoms with Crippen molar-refractivity contribution in [3.05, 3.63) is 45.4 Å². The fourth-order valence-corrected chi connectivity index (χ4v) is 2.41. The van der Waals surface area contributed by atoms with E-state index in [0.29, 0.717) is 18.7 Å². The van der Waals surface area contributed by atoms with Crippen LogP contribution in [0.1, 0.15) is 29.0 Å². The highest BCUT2D eigenvalue weighted by atomic mass is 35.5. The summed E-state index contributed by atoms with van der Waals surface area (Å²) in [6, 6.07) is 1.97. The van der Waals surface area contributed by atoms with Crippen LogP contribution in [-0.4, -0.2) is 27.4 Å². The Bertz CT molecular complexity index is 691. The Balaban J connectivity index is 2.12. The molecule has 2 aromatic rings. The van der Waals surface area contributed by atoms with Gasteiger partial charge in [-0.15, -0.1) is 5.10 Å². The van der Waals surface area contributed by atoms with E-state index in [2.05, 4.69) is 15.6 Å². The summed E-state index contributed by atoms with van der Waals surface area (Å²) >= 11 is 11.7. The van der Waals surface area contributed by atoms with Gasteiger partial charge in [0.2, 0.25) is 0 Å². The normalized spacial score (nSPS) is 12.2. The number of nitrogens with zero attached hydrogens (tertiary/aromatic N) is 3. The average Bonchev–Trinajstić information content (AvgIpc) is 2.92. The molecule has 3 N–H and O–H groups in total. The summed E-state index contributed by atoms with van der Waals surface area (Å²) < 4.78 is 15.0. The third-order valence-corrected chi connectivity index (χ3v) is 3.60. The van der Waals surface area contributed by atoms with Crippen LogP contribution in [-0.2, 0) is 6.54 Å². The Morgan fingerprint density at radius 3 is 2.86 bits per heavy atom. The Morgan fingerprint density at radius 1 is 1.45 bits per heavy atom. The molecule has 0 saturated heterocycles. The van der Waals surface area contributed by atoms with Crippen molar-refractivity contribution in [3.8, 4) is 0 Å². The van der Waals surface area contributed by atoms with Gasteiger partial charge < -0.3 is 11.1 Å². The molecule has 0 bridgehead atoms. The van der Waals surface area contributed by atoms with Crippen LogP contribution >= 0.6 is 23.2 Å². The minimum atomic E-state index is -0.601. The van der Waals surface area contributed by atoms with Crippen molar-refractivity contribution < 1.29 is 9.18 Å². The third-order valence-electron chi connectivity index (χ3n) is 2.98. The second kappa shape index (κ2) is 7.04. The van der Waals surface area contributed by atoms with Gasteiger partial charge >= 0.3 is 0 Å². The molecule has 0 saturated carbocycles. The van der Waals surface area contributed by atoms with Crippen molar-refractivity contribution in [1.29, 1.82) is 0 Å². The molecule has 0 aliphatic rings. The zero-order valence-corrected chi connectivity index (χ0v) is 13.2. The summed E-state index contributed by atoms with van der Waals surface area (Å²) in [6.07, 6.45) is 1.49. The van der Waals surface area contributed by atoms with E-state index >= 15 is 0 Å². The summed E-state index contributed by atoms with van der Waals surface area (Å²) in [5, 5.41) is 10.4. The number of hydrogen-bond acceptors (Lipinski definition) is 4. The summed E-state index contributed by atoms with van der Waals surface area (Å²) in [5.74, 6) is -1.04. The van der Waals surface area contributed by atoms with Gasteiger partial charge in [-0.05, 0) is 24.6 Å². The lowest BCUT2D eigenvalue weighted by Crippen LogP contribution is -2.27. The van der Waals surface area contributed by atoms with Gasteiger partial charge in [0.15, 0.2) is 5.69 Å². The number of halogens is 3. The van der Waals surface area contributed by atoms with Crippen LogP contribution in [0.3, 0.4) is 0 Å². The molecule has 1 aromatic heterocycles. The SMILES string of the molecule is CC(NC(=O)c1cn(CCN)nn1)c1cc(F)c(Cl)cc1Cl. The standard InChI is InChI=1S/C13H14Cl2FN5O/c1-7(8-4-11(16)10(15)5-9(8)14)18-13(22)12-6-21(3-2-17)20-19-12/h4-7H,2-3,17H2,1H3,(H,18,22). The molecule has 0 fully saturated rings. The predicted molar refractivity (Wildman–Crippen MR) is 81.4 cm³/mol. The number of aromatic nitrogens is 3. The highest BCUT2D eigenvalue weighted by molar-refractivity contribution is 6.35. The van der Waals surface area contributed by atoms with Crippen LogP contribution in [0.25, 0.3) is 0 Å². The minimum Gasteiger partial charge on any atom is -0.344 e. The van der Waals surface area contributed by atoms with E-state index in [0.717, 1.165) is 0 Å². The zero-order valence-electron chi connectivity index (χ0n) is 11.7. The first-order valence-electron chi connectivity index (χ1n) is 6.48. The van der Waals surface area contributed by atoms with Crippen molar-refractivity contribution >= 4 is 29.1 Å². The maximum absolute atomic E-state index is 13.5. The molecule has 1 unspecified atom stereocenters. The van der Waals surface area contributed by atoms with Gasteiger partial charge in [0.1, 0.15) is 5.82 Å². The molecule has 2 rings (SSSR count). The number of carbonyl (C=O) groups is 1. The third kappa shape index (κ3) is 3.73. The first-order chi connectivity index (χ1) is 10.4.